The van der Waals surface area contributed by atoms with Crippen LogP contribution in [-0.4, -0.2) is 27.7 Å². The predicted octanol–water partition coefficient (Wildman–Crippen LogP) is 1.73. The zero-order chi connectivity index (χ0) is 17.5. The lowest BCUT2D eigenvalue weighted by Gasteiger charge is -2.28. The molecule has 0 saturated carbocycles. The lowest BCUT2D eigenvalue weighted by Crippen LogP contribution is -2.36. The van der Waals surface area contributed by atoms with Gasteiger partial charge in [0, 0.05) is 18.1 Å². The molecule has 1 aliphatic heterocycles. The summed E-state index contributed by atoms with van der Waals surface area (Å²) in [6.07, 6.45) is 0.500. The van der Waals surface area contributed by atoms with Gasteiger partial charge in [0.1, 0.15) is 0 Å². The van der Waals surface area contributed by atoms with Crippen LogP contribution in [0.15, 0.2) is 52.3 Å². The maximum atomic E-state index is 12.8. The Kier molecular flexibility index (Phi) is 4.43. The number of rotatable bonds is 3. The van der Waals surface area contributed by atoms with Gasteiger partial charge in [0.05, 0.1) is 9.79 Å². The molecule has 0 aromatic heterocycles. The molecule has 0 spiro atoms. The van der Waals surface area contributed by atoms with E-state index in [0.717, 1.165) is 5.56 Å². The lowest BCUT2D eigenvalue weighted by atomic mass is 10.0. The molecule has 0 unspecified atom stereocenters. The third kappa shape index (κ3) is 3.33. The molecule has 0 fully saturated rings. The Morgan fingerprint density at radius 1 is 0.958 bits per heavy atom. The number of fused-ring (bicyclic) bond motifs is 1. The first-order chi connectivity index (χ1) is 11.2. The minimum Gasteiger partial charge on any atom is -0.225 e. The summed E-state index contributed by atoms with van der Waals surface area (Å²) in [7, 11) is -7.54. The maximum absolute atomic E-state index is 12.8. The number of hydrogen-bond donors (Lipinski definition) is 1. The smallest absolute Gasteiger partial charge is 0.225 e. The number of benzene rings is 2. The zero-order valence-electron chi connectivity index (χ0n) is 12.5. The van der Waals surface area contributed by atoms with Crippen LogP contribution in [0.25, 0.3) is 0 Å². The molecule has 6 nitrogen and oxygen atoms in total. The van der Waals surface area contributed by atoms with Gasteiger partial charge < -0.3 is 0 Å². The van der Waals surface area contributed by atoms with Gasteiger partial charge in [-0.25, -0.2) is 22.0 Å². The second kappa shape index (κ2) is 6.12. The molecule has 1 aliphatic rings. The van der Waals surface area contributed by atoms with E-state index in [0.29, 0.717) is 23.6 Å². The molecule has 2 N–H and O–H groups in total. The summed E-state index contributed by atoms with van der Waals surface area (Å²) in [6.45, 7) is 0.407. The van der Waals surface area contributed by atoms with Gasteiger partial charge >= 0.3 is 0 Å². The van der Waals surface area contributed by atoms with E-state index in [1.807, 2.05) is 0 Å². The first-order valence-electron chi connectivity index (χ1n) is 7.08. The highest BCUT2D eigenvalue weighted by Crippen LogP contribution is 2.27. The normalized spacial score (nSPS) is 15.9. The van der Waals surface area contributed by atoms with Crippen LogP contribution in [0.2, 0.25) is 5.02 Å². The van der Waals surface area contributed by atoms with Gasteiger partial charge in [0.25, 0.3) is 0 Å². The van der Waals surface area contributed by atoms with Crippen molar-refractivity contribution in [3.63, 3.8) is 0 Å². The van der Waals surface area contributed by atoms with Gasteiger partial charge in [-0.3, -0.25) is 0 Å². The molecule has 0 aliphatic carbocycles. The molecule has 2 aromatic rings. The largest absolute Gasteiger partial charge is 0.243 e. The van der Waals surface area contributed by atoms with Crippen molar-refractivity contribution in [3.8, 4) is 0 Å². The molecule has 0 bridgehead atoms. The average Bonchev–Trinajstić information content (AvgIpc) is 2.53. The van der Waals surface area contributed by atoms with Crippen LogP contribution < -0.4 is 5.14 Å². The van der Waals surface area contributed by atoms with Gasteiger partial charge in [-0.2, -0.15) is 4.31 Å². The molecule has 3 rings (SSSR count). The van der Waals surface area contributed by atoms with E-state index in [1.165, 1.54) is 28.6 Å². The molecule has 0 amide bonds. The van der Waals surface area contributed by atoms with Crippen LogP contribution in [0.1, 0.15) is 11.1 Å². The SMILES string of the molecule is NS(=O)(=O)c1ccc2c(c1)CN(S(=O)(=O)c1cccc(Cl)c1)CC2. The van der Waals surface area contributed by atoms with Crippen LogP contribution in [0.4, 0.5) is 0 Å². The molecule has 2 aromatic carbocycles. The van der Waals surface area contributed by atoms with Crippen LogP contribution in [0, 0.1) is 0 Å². The second-order valence-electron chi connectivity index (χ2n) is 5.52. The number of sulfonamides is 2. The van der Waals surface area contributed by atoms with E-state index in [1.54, 1.807) is 18.2 Å². The van der Waals surface area contributed by atoms with Gasteiger partial charge in [0.2, 0.25) is 20.0 Å². The first kappa shape index (κ1) is 17.4. The van der Waals surface area contributed by atoms with E-state index in [4.69, 9.17) is 16.7 Å². The highest BCUT2D eigenvalue weighted by atomic mass is 35.5. The summed E-state index contributed by atoms with van der Waals surface area (Å²) < 4.78 is 49.8. The van der Waals surface area contributed by atoms with Crippen LogP contribution in [-0.2, 0) is 33.0 Å². The van der Waals surface area contributed by atoms with Crippen LogP contribution in [0.3, 0.4) is 0 Å². The number of nitrogens with two attached hydrogens (primary N) is 1. The Morgan fingerprint density at radius 2 is 1.71 bits per heavy atom. The Morgan fingerprint density at radius 3 is 2.38 bits per heavy atom. The van der Waals surface area contributed by atoms with Crippen molar-refractivity contribution in [2.75, 3.05) is 6.54 Å². The summed E-state index contributed by atoms with van der Waals surface area (Å²) in [5.41, 5.74) is 1.55. The summed E-state index contributed by atoms with van der Waals surface area (Å²) in [6, 6.07) is 10.6. The lowest BCUT2D eigenvalue weighted by molar-refractivity contribution is 0.391. The summed E-state index contributed by atoms with van der Waals surface area (Å²) in [4.78, 5) is 0.0873. The van der Waals surface area contributed by atoms with E-state index in [-0.39, 0.29) is 16.3 Å². The maximum Gasteiger partial charge on any atom is 0.243 e. The zero-order valence-corrected chi connectivity index (χ0v) is 14.9. The summed E-state index contributed by atoms with van der Waals surface area (Å²) in [5.74, 6) is 0. The average molecular weight is 387 g/mol. The molecular formula is C15H15ClN2O4S2. The van der Waals surface area contributed by atoms with E-state index >= 15 is 0 Å². The second-order valence-corrected chi connectivity index (χ2v) is 9.46. The third-order valence-corrected chi connectivity index (χ3v) is 6.90. The third-order valence-electron chi connectivity index (χ3n) is 3.92. The van der Waals surface area contributed by atoms with E-state index in [2.05, 4.69) is 0 Å². The van der Waals surface area contributed by atoms with E-state index < -0.39 is 20.0 Å². The standard InChI is InChI=1S/C15H15ClN2O4S2/c16-13-2-1-3-15(9-13)24(21,22)18-7-6-11-4-5-14(23(17,19)20)8-12(11)10-18/h1-5,8-9H,6-7,10H2,(H2,17,19,20). The molecule has 0 atom stereocenters. The molecule has 9 heteroatoms. The molecule has 24 heavy (non-hydrogen) atoms. The van der Waals surface area contributed by atoms with Crippen molar-refractivity contribution in [1.82, 2.24) is 4.31 Å². The fourth-order valence-electron chi connectivity index (χ4n) is 2.67. The van der Waals surface area contributed by atoms with Gasteiger partial charge in [-0.15, -0.1) is 0 Å². The molecule has 1 heterocycles. The summed E-state index contributed by atoms with van der Waals surface area (Å²) >= 11 is 5.88. The molecular weight excluding hydrogens is 372 g/mol. The fraction of sp³-hybridized carbons (Fsp3) is 0.200. The number of halogens is 1. The van der Waals surface area contributed by atoms with Crippen molar-refractivity contribution in [2.45, 2.75) is 22.8 Å². The summed E-state index contributed by atoms with van der Waals surface area (Å²) in [5, 5.41) is 5.48. The fourth-order valence-corrected chi connectivity index (χ4v) is 4.95. The Labute approximate surface area is 146 Å². The Bertz CT molecular complexity index is 1000. The van der Waals surface area contributed by atoms with Gasteiger partial charge in [-0.1, -0.05) is 23.7 Å². The van der Waals surface area contributed by atoms with Crippen molar-refractivity contribution in [3.05, 3.63) is 58.6 Å². The molecule has 128 valence electrons. The Hall–Kier alpha value is -1.45. The van der Waals surface area contributed by atoms with Gasteiger partial charge in [0.15, 0.2) is 0 Å². The topological polar surface area (TPSA) is 97.5 Å². The highest BCUT2D eigenvalue weighted by molar-refractivity contribution is 7.89. The van der Waals surface area contributed by atoms with Crippen molar-refractivity contribution in [1.29, 1.82) is 0 Å². The number of hydrogen-bond acceptors (Lipinski definition) is 4. The minimum absolute atomic E-state index is 0.0248. The molecule has 0 radical (unpaired) electrons. The van der Waals surface area contributed by atoms with Crippen molar-refractivity contribution in [2.24, 2.45) is 5.14 Å². The first-order valence-corrected chi connectivity index (χ1v) is 10.4. The number of nitrogens with zero attached hydrogens (tertiary/aromatic N) is 1. The predicted molar refractivity (Wildman–Crippen MR) is 90.6 cm³/mol. The quantitative estimate of drug-likeness (QED) is 0.868. The highest BCUT2D eigenvalue weighted by Gasteiger charge is 2.29. The van der Waals surface area contributed by atoms with E-state index in [9.17, 15) is 16.8 Å². The van der Waals surface area contributed by atoms with Gasteiger partial charge in [-0.05, 0) is 47.9 Å². The monoisotopic (exact) mass is 386 g/mol. The van der Waals surface area contributed by atoms with Crippen LogP contribution >= 0.6 is 11.6 Å². The van der Waals surface area contributed by atoms with Crippen molar-refractivity contribution >= 4 is 31.6 Å². The van der Waals surface area contributed by atoms with Crippen molar-refractivity contribution < 1.29 is 16.8 Å². The minimum atomic E-state index is -3.83. The number of primary sulfonamides is 1. The molecule has 0 saturated heterocycles. The van der Waals surface area contributed by atoms with Crippen LogP contribution in [0.5, 0.6) is 0 Å². The Balaban J connectivity index is 1.97.